The number of carbonyl (C=O) groups is 1. The van der Waals surface area contributed by atoms with E-state index < -0.39 is 15.9 Å². The van der Waals surface area contributed by atoms with E-state index in [9.17, 15) is 13.2 Å². The summed E-state index contributed by atoms with van der Waals surface area (Å²) in [5.74, 6) is -0.195. The summed E-state index contributed by atoms with van der Waals surface area (Å²) in [7, 11) is -2.34. The van der Waals surface area contributed by atoms with Gasteiger partial charge in [-0.1, -0.05) is 60.1 Å². The summed E-state index contributed by atoms with van der Waals surface area (Å²) in [5.41, 5.74) is 1.64. The number of aromatic nitrogens is 1. The van der Waals surface area contributed by atoms with Crippen LogP contribution in [-0.2, 0) is 16.6 Å². The van der Waals surface area contributed by atoms with Crippen LogP contribution in [0.15, 0.2) is 89.8 Å². The van der Waals surface area contributed by atoms with Crippen LogP contribution in [0.25, 0.3) is 10.9 Å². The lowest BCUT2D eigenvalue weighted by atomic mass is 10.2. The fourth-order valence-electron chi connectivity index (χ4n) is 3.26. The second-order valence-electron chi connectivity index (χ2n) is 7.23. The van der Waals surface area contributed by atoms with Crippen molar-refractivity contribution >= 4 is 44.3 Å². The smallest absolute Gasteiger partial charge is 0.258 e. The molecule has 0 saturated carbocycles. The maximum Gasteiger partial charge on any atom is 0.258 e. The van der Waals surface area contributed by atoms with E-state index in [4.69, 9.17) is 11.6 Å². The molecule has 0 fully saturated rings. The third-order valence-corrected chi connectivity index (χ3v) is 7.11. The van der Waals surface area contributed by atoms with Crippen molar-refractivity contribution in [2.24, 2.45) is 0 Å². The minimum atomic E-state index is -3.83. The molecule has 8 heteroatoms. The molecule has 4 aromatic rings. The third kappa shape index (κ3) is 4.65. The van der Waals surface area contributed by atoms with E-state index in [2.05, 4.69) is 10.3 Å². The molecule has 4 rings (SSSR count). The van der Waals surface area contributed by atoms with E-state index in [-0.39, 0.29) is 22.0 Å². The van der Waals surface area contributed by atoms with Gasteiger partial charge in [-0.05, 0) is 42.0 Å². The molecule has 1 N–H and O–H groups in total. The predicted molar refractivity (Wildman–Crippen MR) is 126 cm³/mol. The van der Waals surface area contributed by atoms with Gasteiger partial charge >= 0.3 is 0 Å². The molecule has 0 aliphatic heterocycles. The topological polar surface area (TPSA) is 79.4 Å². The monoisotopic (exact) mass is 465 g/mol. The Bertz CT molecular complexity index is 1390. The molecular weight excluding hydrogens is 446 g/mol. The van der Waals surface area contributed by atoms with E-state index in [0.29, 0.717) is 5.82 Å². The number of hydrogen-bond donors (Lipinski definition) is 1. The number of nitrogens with zero attached hydrogens (tertiary/aromatic N) is 2. The van der Waals surface area contributed by atoms with Gasteiger partial charge in [0.25, 0.3) is 5.91 Å². The Morgan fingerprint density at radius 3 is 2.47 bits per heavy atom. The van der Waals surface area contributed by atoms with Gasteiger partial charge in [0.05, 0.1) is 21.0 Å². The van der Waals surface area contributed by atoms with Crippen molar-refractivity contribution in [1.82, 2.24) is 9.29 Å². The highest BCUT2D eigenvalue weighted by atomic mass is 35.5. The molecule has 1 heterocycles. The molecule has 0 unspecified atom stereocenters. The van der Waals surface area contributed by atoms with Crippen LogP contribution in [0.5, 0.6) is 0 Å². The molecule has 0 atom stereocenters. The number of benzene rings is 3. The molecule has 162 valence electrons. The molecule has 1 aromatic heterocycles. The second kappa shape index (κ2) is 9.08. The minimum absolute atomic E-state index is 0.0167. The molecule has 6 nitrogen and oxygen atoms in total. The van der Waals surface area contributed by atoms with E-state index in [1.54, 1.807) is 6.07 Å². The summed E-state index contributed by atoms with van der Waals surface area (Å²) < 4.78 is 27.4. The molecule has 0 bridgehead atoms. The number of fused-ring (bicyclic) bond motifs is 1. The summed E-state index contributed by atoms with van der Waals surface area (Å²) in [6.07, 6.45) is 0. The first kappa shape index (κ1) is 22.0. The minimum Gasteiger partial charge on any atom is -0.306 e. The van der Waals surface area contributed by atoms with Crippen LogP contribution < -0.4 is 5.32 Å². The van der Waals surface area contributed by atoms with Crippen molar-refractivity contribution in [1.29, 1.82) is 0 Å². The quantitative estimate of drug-likeness (QED) is 0.436. The normalized spacial score (nSPS) is 11.6. The lowest BCUT2D eigenvalue weighted by Crippen LogP contribution is -2.27. The first-order valence-electron chi connectivity index (χ1n) is 9.81. The molecule has 32 heavy (non-hydrogen) atoms. The standard InChI is InChI=1S/C24H20ClN3O3S/c1-28(16-17-7-3-2-4-8-17)32(30,31)19-12-13-21(25)20(15-19)24(29)27-23-14-11-18-9-5-6-10-22(18)26-23/h2-15H,16H2,1H3,(H,26,27,29). The summed E-state index contributed by atoms with van der Waals surface area (Å²) in [6.45, 7) is 0.203. The third-order valence-electron chi connectivity index (χ3n) is 4.98. The lowest BCUT2D eigenvalue weighted by molar-refractivity contribution is 0.102. The maximum absolute atomic E-state index is 13.1. The number of nitrogens with one attached hydrogen (secondary N) is 1. The van der Waals surface area contributed by atoms with E-state index >= 15 is 0 Å². The van der Waals surface area contributed by atoms with Gasteiger partial charge in [0.2, 0.25) is 10.0 Å². The van der Waals surface area contributed by atoms with Crippen molar-refractivity contribution in [2.75, 3.05) is 12.4 Å². The lowest BCUT2D eigenvalue weighted by Gasteiger charge is -2.18. The summed E-state index contributed by atoms with van der Waals surface area (Å²) >= 11 is 6.22. The molecule has 0 spiro atoms. The highest BCUT2D eigenvalue weighted by Crippen LogP contribution is 2.24. The number of amides is 1. The number of halogens is 1. The number of sulfonamides is 1. The van der Waals surface area contributed by atoms with Crippen LogP contribution in [-0.4, -0.2) is 30.7 Å². The number of carbonyl (C=O) groups excluding carboxylic acids is 1. The Hall–Kier alpha value is -3.26. The van der Waals surface area contributed by atoms with Crippen LogP contribution in [0.2, 0.25) is 5.02 Å². The number of para-hydroxylation sites is 1. The van der Waals surface area contributed by atoms with Gasteiger partial charge in [0.1, 0.15) is 5.82 Å². The molecule has 3 aromatic carbocycles. The Kier molecular flexibility index (Phi) is 6.23. The van der Waals surface area contributed by atoms with Crippen molar-refractivity contribution in [2.45, 2.75) is 11.4 Å². The van der Waals surface area contributed by atoms with E-state index in [1.165, 1.54) is 29.6 Å². The zero-order chi connectivity index (χ0) is 22.7. The van der Waals surface area contributed by atoms with E-state index in [1.807, 2.05) is 60.7 Å². The molecule has 0 radical (unpaired) electrons. The second-order valence-corrected chi connectivity index (χ2v) is 9.68. The van der Waals surface area contributed by atoms with Gasteiger partial charge in [-0.15, -0.1) is 0 Å². The molecule has 0 saturated heterocycles. The van der Waals surface area contributed by atoms with Gasteiger partial charge in [-0.2, -0.15) is 4.31 Å². The fraction of sp³-hybridized carbons (Fsp3) is 0.0833. The van der Waals surface area contributed by atoms with E-state index in [0.717, 1.165) is 16.5 Å². The Morgan fingerprint density at radius 1 is 0.969 bits per heavy atom. The number of pyridine rings is 1. The summed E-state index contributed by atoms with van der Waals surface area (Å²) in [5, 5.41) is 3.78. The molecule has 0 aliphatic rings. The van der Waals surface area contributed by atoms with Crippen LogP contribution >= 0.6 is 11.6 Å². The Balaban J connectivity index is 1.59. The zero-order valence-corrected chi connectivity index (χ0v) is 18.8. The maximum atomic E-state index is 13.1. The Morgan fingerprint density at radius 2 is 1.69 bits per heavy atom. The van der Waals surface area contributed by atoms with Crippen LogP contribution in [0, 0.1) is 0 Å². The first-order chi connectivity index (χ1) is 15.3. The number of rotatable bonds is 6. The van der Waals surface area contributed by atoms with Crippen molar-refractivity contribution in [3.63, 3.8) is 0 Å². The van der Waals surface area contributed by atoms with Gasteiger partial charge < -0.3 is 5.32 Å². The van der Waals surface area contributed by atoms with Crippen LogP contribution in [0.1, 0.15) is 15.9 Å². The highest BCUT2D eigenvalue weighted by Gasteiger charge is 2.23. The SMILES string of the molecule is CN(Cc1ccccc1)S(=O)(=O)c1ccc(Cl)c(C(=O)Nc2ccc3ccccc3n2)c1. The molecule has 0 aliphatic carbocycles. The van der Waals surface area contributed by atoms with Crippen molar-refractivity contribution in [3.8, 4) is 0 Å². The number of anilines is 1. The summed E-state index contributed by atoms with van der Waals surface area (Å²) in [4.78, 5) is 17.3. The first-order valence-corrected chi connectivity index (χ1v) is 11.6. The van der Waals surface area contributed by atoms with Gasteiger partial charge in [0.15, 0.2) is 0 Å². The summed E-state index contributed by atoms with van der Waals surface area (Å²) in [6, 6.07) is 24.4. The van der Waals surface area contributed by atoms with Gasteiger partial charge in [-0.3, -0.25) is 4.79 Å². The molecular formula is C24H20ClN3O3S. The average Bonchev–Trinajstić information content (AvgIpc) is 2.79. The molecule has 1 amide bonds. The predicted octanol–water partition coefficient (Wildman–Crippen LogP) is 4.96. The number of hydrogen-bond acceptors (Lipinski definition) is 4. The van der Waals surface area contributed by atoms with Crippen LogP contribution in [0.4, 0.5) is 5.82 Å². The average molecular weight is 466 g/mol. The highest BCUT2D eigenvalue weighted by molar-refractivity contribution is 7.89. The van der Waals surface area contributed by atoms with Gasteiger partial charge in [-0.25, -0.2) is 13.4 Å². The zero-order valence-electron chi connectivity index (χ0n) is 17.2. The largest absolute Gasteiger partial charge is 0.306 e. The van der Waals surface area contributed by atoms with Crippen molar-refractivity contribution in [3.05, 3.63) is 101 Å². The fourth-order valence-corrected chi connectivity index (χ4v) is 4.65. The Labute approximate surface area is 191 Å². The van der Waals surface area contributed by atoms with Crippen LogP contribution in [0.3, 0.4) is 0 Å². The van der Waals surface area contributed by atoms with Gasteiger partial charge in [0, 0.05) is 19.0 Å². The van der Waals surface area contributed by atoms with Crippen molar-refractivity contribution < 1.29 is 13.2 Å².